The van der Waals surface area contributed by atoms with Gasteiger partial charge in [-0.2, -0.15) is 0 Å². The molecule has 0 heterocycles. The van der Waals surface area contributed by atoms with E-state index >= 15 is 0 Å². The Labute approximate surface area is 104 Å². The Kier molecular flexibility index (Phi) is 3.96. The van der Waals surface area contributed by atoms with Crippen LogP contribution in [0.2, 0.25) is 5.02 Å². The highest BCUT2D eigenvalue weighted by atomic mass is 79.9. The van der Waals surface area contributed by atoms with E-state index in [1.807, 2.05) is 32.9 Å². The van der Waals surface area contributed by atoms with Gasteiger partial charge in [-0.1, -0.05) is 60.4 Å². The first-order valence-corrected chi connectivity index (χ1v) is 6.05. The van der Waals surface area contributed by atoms with Crippen LogP contribution in [0.15, 0.2) is 24.3 Å². The SMILES string of the molecule is CC(C)(C)C(=O)C(Br)c1ccc(Cl)cc1. The summed E-state index contributed by atoms with van der Waals surface area (Å²) in [6, 6.07) is 7.32. The summed E-state index contributed by atoms with van der Waals surface area (Å²) in [5.74, 6) is 0.171. The Morgan fingerprint density at radius 3 is 2.13 bits per heavy atom. The second-order valence-electron chi connectivity index (χ2n) is 4.53. The van der Waals surface area contributed by atoms with E-state index in [1.54, 1.807) is 12.1 Å². The van der Waals surface area contributed by atoms with E-state index in [1.165, 1.54) is 0 Å². The van der Waals surface area contributed by atoms with Crippen LogP contribution in [0, 0.1) is 5.41 Å². The predicted octanol–water partition coefficient (Wildman–Crippen LogP) is 4.39. The third-order valence-electron chi connectivity index (χ3n) is 2.13. The molecular weight excluding hydrogens is 275 g/mol. The smallest absolute Gasteiger partial charge is 0.156 e. The number of benzene rings is 1. The topological polar surface area (TPSA) is 17.1 Å². The summed E-state index contributed by atoms with van der Waals surface area (Å²) in [6.07, 6.45) is 0. The van der Waals surface area contributed by atoms with Gasteiger partial charge in [0.15, 0.2) is 5.78 Å². The average molecular weight is 290 g/mol. The lowest BCUT2D eigenvalue weighted by Crippen LogP contribution is -2.23. The van der Waals surface area contributed by atoms with Crippen molar-refractivity contribution in [1.29, 1.82) is 0 Å². The van der Waals surface area contributed by atoms with Gasteiger partial charge in [-0.25, -0.2) is 0 Å². The first-order chi connectivity index (χ1) is 6.82. The lowest BCUT2D eigenvalue weighted by Gasteiger charge is -2.20. The van der Waals surface area contributed by atoms with E-state index in [0.717, 1.165) is 5.56 Å². The van der Waals surface area contributed by atoms with Crippen LogP contribution in [0.5, 0.6) is 0 Å². The van der Waals surface area contributed by atoms with Crippen LogP contribution < -0.4 is 0 Å². The second-order valence-corrected chi connectivity index (χ2v) is 5.88. The monoisotopic (exact) mass is 288 g/mol. The minimum atomic E-state index is -0.339. The molecule has 0 aliphatic heterocycles. The maximum Gasteiger partial charge on any atom is 0.156 e. The molecule has 1 unspecified atom stereocenters. The Morgan fingerprint density at radius 1 is 1.27 bits per heavy atom. The van der Waals surface area contributed by atoms with Gasteiger partial charge in [-0.3, -0.25) is 4.79 Å². The van der Waals surface area contributed by atoms with E-state index < -0.39 is 0 Å². The fraction of sp³-hybridized carbons (Fsp3) is 0.417. The lowest BCUT2D eigenvalue weighted by atomic mass is 9.87. The number of halogens is 2. The van der Waals surface area contributed by atoms with Crippen molar-refractivity contribution in [3.8, 4) is 0 Å². The summed E-state index contributed by atoms with van der Waals surface area (Å²) in [4.78, 5) is 11.7. The molecule has 0 saturated carbocycles. The summed E-state index contributed by atoms with van der Waals surface area (Å²) in [6.45, 7) is 5.75. The molecule has 1 aromatic rings. The first kappa shape index (κ1) is 12.7. The molecule has 1 rings (SSSR count). The summed E-state index contributed by atoms with van der Waals surface area (Å²) in [5, 5.41) is 0.682. The standard InChI is InChI=1S/C12H14BrClO/c1-12(2,3)11(15)10(13)8-4-6-9(14)7-5-8/h4-7,10H,1-3H3. The van der Waals surface area contributed by atoms with Crippen LogP contribution in [0.3, 0.4) is 0 Å². The number of Topliss-reactive ketones (excluding diaryl/α,β-unsaturated/α-hetero) is 1. The van der Waals surface area contributed by atoms with Crippen molar-refractivity contribution < 1.29 is 4.79 Å². The van der Waals surface area contributed by atoms with Gasteiger partial charge >= 0.3 is 0 Å². The Morgan fingerprint density at radius 2 is 1.73 bits per heavy atom. The van der Waals surface area contributed by atoms with Crippen LogP contribution in [0.4, 0.5) is 0 Å². The van der Waals surface area contributed by atoms with Gasteiger partial charge in [0.2, 0.25) is 0 Å². The van der Waals surface area contributed by atoms with Crippen LogP contribution in [-0.2, 0) is 4.79 Å². The predicted molar refractivity (Wildman–Crippen MR) is 67.6 cm³/mol. The minimum Gasteiger partial charge on any atom is -0.297 e. The molecule has 0 amide bonds. The van der Waals surface area contributed by atoms with Gasteiger partial charge in [0.1, 0.15) is 0 Å². The molecule has 0 aliphatic carbocycles. The maximum atomic E-state index is 12.0. The number of ketones is 1. The molecule has 0 radical (unpaired) electrons. The van der Waals surface area contributed by atoms with Gasteiger partial charge in [-0.15, -0.1) is 0 Å². The van der Waals surface area contributed by atoms with E-state index in [9.17, 15) is 4.79 Å². The van der Waals surface area contributed by atoms with Gasteiger partial charge in [-0.05, 0) is 17.7 Å². The molecule has 0 fully saturated rings. The summed E-state index contributed by atoms with van der Waals surface area (Å²) in [7, 11) is 0. The largest absolute Gasteiger partial charge is 0.297 e. The maximum absolute atomic E-state index is 12.0. The molecule has 0 bridgehead atoms. The number of rotatable bonds is 2. The third kappa shape index (κ3) is 3.32. The van der Waals surface area contributed by atoms with E-state index in [2.05, 4.69) is 15.9 Å². The highest BCUT2D eigenvalue weighted by Gasteiger charge is 2.28. The van der Waals surface area contributed by atoms with Crippen molar-refractivity contribution in [2.24, 2.45) is 5.41 Å². The number of alkyl halides is 1. The molecule has 1 aromatic carbocycles. The van der Waals surface area contributed by atoms with Gasteiger partial charge in [0.25, 0.3) is 0 Å². The quantitative estimate of drug-likeness (QED) is 0.738. The molecule has 82 valence electrons. The van der Waals surface area contributed by atoms with Crippen molar-refractivity contribution in [2.75, 3.05) is 0 Å². The molecule has 0 N–H and O–H groups in total. The molecule has 0 saturated heterocycles. The zero-order chi connectivity index (χ0) is 11.6. The van der Waals surface area contributed by atoms with Crippen molar-refractivity contribution in [3.63, 3.8) is 0 Å². The van der Waals surface area contributed by atoms with Crippen molar-refractivity contribution in [3.05, 3.63) is 34.9 Å². The molecule has 1 atom stereocenters. The van der Waals surface area contributed by atoms with E-state index in [4.69, 9.17) is 11.6 Å². The van der Waals surface area contributed by atoms with Gasteiger partial charge in [0, 0.05) is 10.4 Å². The number of hydrogen-bond donors (Lipinski definition) is 0. The average Bonchev–Trinajstić information content (AvgIpc) is 2.15. The van der Waals surface area contributed by atoms with Crippen molar-refractivity contribution in [1.82, 2.24) is 0 Å². The molecular formula is C12H14BrClO. The molecule has 0 spiro atoms. The normalized spacial score (nSPS) is 13.7. The van der Waals surface area contributed by atoms with E-state index in [-0.39, 0.29) is 16.0 Å². The number of hydrogen-bond acceptors (Lipinski definition) is 1. The van der Waals surface area contributed by atoms with Crippen LogP contribution >= 0.6 is 27.5 Å². The highest BCUT2D eigenvalue weighted by Crippen LogP contribution is 2.32. The fourth-order valence-electron chi connectivity index (χ4n) is 1.16. The molecule has 0 aromatic heterocycles. The van der Waals surface area contributed by atoms with Crippen LogP contribution in [0.1, 0.15) is 31.2 Å². The van der Waals surface area contributed by atoms with E-state index in [0.29, 0.717) is 5.02 Å². The number of carbonyl (C=O) groups is 1. The second kappa shape index (κ2) is 4.67. The summed E-state index contributed by atoms with van der Waals surface area (Å²) in [5.41, 5.74) is 0.604. The number of carbonyl (C=O) groups excluding carboxylic acids is 1. The first-order valence-electron chi connectivity index (χ1n) is 4.76. The molecule has 1 nitrogen and oxygen atoms in total. The van der Waals surface area contributed by atoms with Gasteiger partial charge in [0.05, 0.1) is 4.83 Å². The Hall–Kier alpha value is -0.340. The third-order valence-corrected chi connectivity index (χ3v) is 3.33. The Balaban J connectivity index is 2.90. The van der Waals surface area contributed by atoms with Crippen molar-refractivity contribution >= 4 is 33.3 Å². The fourth-order valence-corrected chi connectivity index (χ4v) is 2.28. The van der Waals surface area contributed by atoms with Crippen molar-refractivity contribution in [2.45, 2.75) is 25.6 Å². The Bertz CT molecular complexity index is 351. The van der Waals surface area contributed by atoms with Crippen LogP contribution in [-0.4, -0.2) is 5.78 Å². The van der Waals surface area contributed by atoms with Crippen LogP contribution in [0.25, 0.3) is 0 Å². The molecule has 3 heteroatoms. The zero-order valence-electron chi connectivity index (χ0n) is 9.05. The summed E-state index contributed by atoms with van der Waals surface area (Å²) >= 11 is 9.20. The lowest BCUT2D eigenvalue weighted by molar-refractivity contribution is -0.125. The van der Waals surface area contributed by atoms with Gasteiger partial charge < -0.3 is 0 Å². The summed E-state index contributed by atoms with van der Waals surface area (Å²) < 4.78 is 0. The minimum absolute atomic E-state index is 0.171. The zero-order valence-corrected chi connectivity index (χ0v) is 11.4. The molecule has 0 aliphatic rings. The molecule has 15 heavy (non-hydrogen) atoms. The highest BCUT2D eigenvalue weighted by molar-refractivity contribution is 9.09.